The van der Waals surface area contributed by atoms with Crippen molar-refractivity contribution in [2.24, 2.45) is 0 Å². The summed E-state index contributed by atoms with van der Waals surface area (Å²) in [5.41, 5.74) is 0.939. The highest BCUT2D eigenvalue weighted by Gasteiger charge is 2.19. The van der Waals surface area contributed by atoms with Crippen molar-refractivity contribution in [3.8, 4) is 0 Å². The lowest BCUT2D eigenvalue weighted by Crippen LogP contribution is -2.33. The van der Waals surface area contributed by atoms with Crippen LogP contribution >= 0.6 is 12.4 Å². The van der Waals surface area contributed by atoms with Crippen LogP contribution in [0.15, 0.2) is 24.4 Å². The van der Waals surface area contributed by atoms with Crippen molar-refractivity contribution in [1.29, 1.82) is 0 Å². The summed E-state index contributed by atoms with van der Waals surface area (Å²) >= 11 is 0. The predicted molar refractivity (Wildman–Crippen MR) is 69.2 cm³/mol. The molecule has 0 radical (unpaired) electrons. The Morgan fingerprint density at radius 1 is 1.38 bits per heavy atom. The highest BCUT2D eigenvalue weighted by molar-refractivity contribution is 7.84. The fourth-order valence-electron chi connectivity index (χ4n) is 1.81. The number of hydrogen-bond acceptors (Lipinski definition) is 3. The van der Waals surface area contributed by atoms with Crippen LogP contribution in [0.4, 0.5) is 0 Å². The van der Waals surface area contributed by atoms with Gasteiger partial charge in [-0.1, -0.05) is 6.07 Å². The number of pyridine rings is 1. The molecule has 2 rings (SSSR count). The van der Waals surface area contributed by atoms with Gasteiger partial charge >= 0.3 is 0 Å². The van der Waals surface area contributed by atoms with Gasteiger partial charge in [0.1, 0.15) is 0 Å². The second-order valence-corrected chi connectivity index (χ2v) is 5.51. The summed E-state index contributed by atoms with van der Waals surface area (Å²) in [6.45, 7) is 2.00. The van der Waals surface area contributed by atoms with Crippen LogP contribution < -0.4 is 5.32 Å². The van der Waals surface area contributed by atoms with Gasteiger partial charge in [-0.15, -0.1) is 12.4 Å². The minimum absolute atomic E-state index is 0. The summed E-state index contributed by atoms with van der Waals surface area (Å²) in [7, 11) is -0.760. The predicted octanol–water partition coefficient (Wildman–Crippen LogP) is 1.50. The van der Waals surface area contributed by atoms with E-state index in [0.29, 0.717) is 11.0 Å². The molecular weight excluding hydrogens is 244 g/mol. The first-order valence-corrected chi connectivity index (χ1v) is 6.72. The molecule has 16 heavy (non-hydrogen) atoms. The van der Waals surface area contributed by atoms with E-state index < -0.39 is 10.8 Å². The Kier molecular flexibility index (Phi) is 5.95. The zero-order valence-electron chi connectivity index (χ0n) is 9.09. The molecule has 2 heterocycles. The van der Waals surface area contributed by atoms with Gasteiger partial charge in [-0.05, 0) is 38.1 Å². The van der Waals surface area contributed by atoms with Crippen LogP contribution in [0.25, 0.3) is 0 Å². The van der Waals surface area contributed by atoms with Gasteiger partial charge < -0.3 is 5.32 Å². The molecule has 1 aliphatic heterocycles. The van der Waals surface area contributed by atoms with Crippen molar-refractivity contribution in [1.82, 2.24) is 10.3 Å². The Balaban J connectivity index is 0.00000128. The third-order valence-corrected chi connectivity index (χ3v) is 4.47. The van der Waals surface area contributed by atoms with Crippen molar-refractivity contribution in [3.63, 3.8) is 0 Å². The molecule has 1 aromatic heterocycles. The molecule has 1 N–H and O–H groups in total. The molecule has 1 aromatic rings. The fourth-order valence-corrected chi connectivity index (χ4v) is 3.26. The van der Waals surface area contributed by atoms with Crippen LogP contribution in [-0.2, 0) is 16.6 Å². The SMILES string of the molecule is Cl.O=S(Cc1ccccn1)C1CCNCC1. The van der Waals surface area contributed by atoms with Crippen molar-refractivity contribution in [2.75, 3.05) is 13.1 Å². The number of piperidine rings is 1. The summed E-state index contributed by atoms with van der Waals surface area (Å²) in [6, 6.07) is 5.78. The van der Waals surface area contributed by atoms with E-state index in [1.54, 1.807) is 6.20 Å². The van der Waals surface area contributed by atoms with Crippen LogP contribution in [0.2, 0.25) is 0 Å². The van der Waals surface area contributed by atoms with E-state index in [9.17, 15) is 4.21 Å². The largest absolute Gasteiger partial charge is 0.317 e. The highest BCUT2D eigenvalue weighted by atomic mass is 35.5. The lowest BCUT2D eigenvalue weighted by atomic mass is 10.2. The molecule has 1 aliphatic rings. The fraction of sp³-hybridized carbons (Fsp3) is 0.545. The van der Waals surface area contributed by atoms with Crippen LogP contribution in [-0.4, -0.2) is 27.5 Å². The Morgan fingerprint density at radius 2 is 2.12 bits per heavy atom. The Bertz CT molecular complexity index is 328. The smallest absolute Gasteiger partial charge is 0.0661 e. The molecule has 1 unspecified atom stereocenters. The number of nitrogens with zero attached hydrogens (tertiary/aromatic N) is 1. The van der Waals surface area contributed by atoms with Crippen LogP contribution in [0.3, 0.4) is 0 Å². The highest BCUT2D eigenvalue weighted by Crippen LogP contribution is 2.13. The van der Waals surface area contributed by atoms with Crippen LogP contribution in [0, 0.1) is 0 Å². The maximum Gasteiger partial charge on any atom is 0.0661 e. The monoisotopic (exact) mass is 260 g/mol. The summed E-state index contributed by atoms with van der Waals surface area (Å²) < 4.78 is 12.0. The van der Waals surface area contributed by atoms with Crippen molar-refractivity contribution >= 4 is 23.2 Å². The Morgan fingerprint density at radius 3 is 2.75 bits per heavy atom. The summed E-state index contributed by atoms with van der Waals surface area (Å²) in [5, 5.41) is 3.64. The van der Waals surface area contributed by atoms with E-state index in [4.69, 9.17) is 0 Å². The molecule has 1 fully saturated rings. The molecule has 0 bridgehead atoms. The number of nitrogens with one attached hydrogen (secondary N) is 1. The van der Waals surface area contributed by atoms with Gasteiger partial charge in [0, 0.05) is 22.2 Å². The Labute approximate surface area is 105 Å². The van der Waals surface area contributed by atoms with Crippen molar-refractivity contribution < 1.29 is 4.21 Å². The van der Waals surface area contributed by atoms with E-state index in [-0.39, 0.29) is 12.4 Å². The van der Waals surface area contributed by atoms with Gasteiger partial charge in [0.05, 0.1) is 11.4 Å². The van der Waals surface area contributed by atoms with Gasteiger partial charge in [0.15, 0.2) is 0 Å². The van der Waals surface area contributed by atoms with E-state index in [2.05, 4.69) is 10.3 Å². The average molecular weight is 261 g/mol. The third-order valence-electron chi connectivity index (χ3n) is 2.67. The second kappa shape index (κ2) is 6.99. The molecule has 0 saturated carbocycles. The van der Waals surface area contributed by atoms with Gasteiger partial charge in [0.25, 0.3) is 0 Å². The molecule has 1 atom stereocenters. The first-order chi connectivity index (χ1) is 7.36. The number of hydrogen-bond donors (Lipinski definition) is 1. The molecule has 90 valence electrons. The number of rotatable bonds is 3. The minimum Gasteiger partial charge on any atom is -0.317 e. The molecular formula is C11H17ClN2OS. The first kappa shape index (κ1) is 13.6. The molecule has 0 aliphatic carbocycles. The van der Waals surface area contributed by atoms with E-state index >= 15 is 0 Å². The molecule has 0 spiro atoms. The van der Waals surface area contributed by atoms with E-state index in [0.717, 1.165) is 31.6 Å². The summed E-state index contributed by atoms with van der Waals surface area (Å²) in [5.74, 6) is 0.603. The van der Waals surface area contributed by atoms with E-state index in [1.807, 2.05) is 18.2 Å². The zero-order valence-corrected chi connectivity index (χ0v) is 10.7. The third kappa shape index (κ3) is 3.85. The maximum absolute atomic E-state index is 12.0. The van der Waals surface area contributed by atoms with Crippen LogP contribution in [0.5, 0.6) is 0 Å². The lowest BCUT2D eigenvalue weighted by Gasteiger charge is -2.21. The number of halogens is 1. The lowest BCUT2D eigenvalue weighted by molar-refractivity contribution is 0.519. The Hall–Kier alpha value is -0.450. The normalized spacial score (nSPS) is 18.8. The minimum atomic E-state index is -0.760. The topological polar surface area (TPSA) is 42.0 Å². The van der Waals surface area contributed by atoms with Crippen LogP contribution in [0.1, 0.15) is 18.5 Å². The quantitative estimate of drug-likeness (QED) is 0.896. The molecule has 3 nitrogen and oxygen atoms in total. The molecule has 1 saturated heterocycles. The van der Waals surface area contributed by atoms with Gasteiger partial charge in [-0.2, -0.15) is 0 Å². The summed E-state index contributed by atoms with van der Waals surface area (Å²) in [4.78, 5) is 4.20. The molecule has 0 aromatic carbocycles. The average Bonchev–Trinajstić information content (AvgIpc) is 2.31. The van der Waals surface area contributed by atoms with E-state index in [1.165, 1.54) is 0 Å². The van der Waals surface area contributed by atoms with Gasteiger partial charge in [-0.25, -0.2) is 0 Å². The second-order valence-electron chi connectivity index (χ2n) is 3.80. The number of aromatic nitrogens is 1. The molecule has 0 amide bonds. The zero-order chi connectivity index (χ0) is 10.5. The first-order valence-electron chi connectivity index (χ1n) is 5.34. The maximum atomic E-state index is 12.0. The van der Waals surface area contributed by atoms with Crippen molar-refractivity contribution in [2.45, 2.75) is 23.8 Å². The van der Waals surface area contributed by atoms with Gasteiger partial charge in [-0.3, -0.25) is 9.19 Å². The molecule has 5 heteroatoms. The van der Waals surface area contributed by atoms with Gasteiger partial charge in [0.2, 0.25) is 0 Å². The van der Waals surface area contributed by atoms with Crippen molar-refractivity contribution in [3.05, 3.63) is 30.1 Å². The summed E-state index contributed by atoms with van der Waals surface area (Å²) in [6.07, 6.45) is 3.81. The standard InChI is InChI=1S/C11H16N2OS.ClH/c14-15(11-4-7-12-8-5-11)9-10-3-1-2-6-13-10;/h1-3,6,11-12H,4-5,7-9H2;1H.